The van der Waals surface area contributed by atoms with Gasteiger partial charge in [-0.05, 0) is 49.8 Å². The summed E-state index contributed by atoms with van der Waals surface area (Å²) < 4.78 is 1.88. The van der Waals surface area contributed by atoms with E-state index >= 15 is 0 Å². The van der Waals surface area contributed by atoms with Crippen LogP contribution in [0.25, 0.3) is 5.69 Å². The third-order valence-electron chi connectivity index (χ3n) is 2.97. The van der Waals surface area contributed by atoms with Crippen molar-refractivity contribution in [1.82, 2.24) is 20.4 Å². The van der Waals surface area contributed by atoms with Gasteiger partial charge in [-0.1, -0.05) is 19.1 Å². The fraction of sp³-hybridized carbons (Fsp3) is 0.400. The van der Waals surface area contributed by atoms with Gasteiger partial charge in [0.2, 0.25) is 0 Å². The fourth-order valence-corrected chi connectivity index (χ4v) is 1.98. The first-order valence-electron chi connectivity index (χ1n) is 6.90. The first-order chi connectivity index (χ1) is 9.40. The molecule has 0 bridgehead atoms. The summed E-state index contributed by atoms with van der Waals surface area (Å²) in [4.78, 5) is 0. The van der Waals surface area contributed by atoms with Crippen LogP contribution in [0.15, 0.2) is 42.7 Å². The van der Waals surface area contributed by atoms with Crippen LogP contribution in [0.2, 0.25) is 0 Å². The minimum Gasteiger partial charge on any atom is -0.317 e. The first kappa shape index (κ1) is 13.8. The van der Waals surface area contributed by atoms with E-state index in [1.54, 1.807) is 6.20 Å². The van der Waals surface area contributed by atoms with Crippen LogP contribution in [0.5, 0.6) is 0 Å². The summed E-state index contributed by atoms with van der Waals surface area (Å²) in [7, 11) is 0. The van der Waals surface area contributed by atoms with Gasteiger partial charge in [0.05, 0.1) is 5.69 Å². The summed E-state index contributed by atoms with van der Waals surface area (Å²) >= 11 is 0. The highest BCUT2D eigenvalue weighted by Crippen LogP contribution is 2.09. The van der Waals surface area contributed by atoms with Crippen LogP contribution in [0.1, 0.15) is 18.9 Å². The Hall–Kier alpha value is -1.65. The zero-order valence-corrected chi connectivity index (χ0v) is 11.5. The average Bonchev–Trinajstić information content (AvgIpc) is 2.97. The van der Waals surface area contributed by atoms with Gasteiger partial charge >= 0.3 is 0 Å². The lowest BCUT2D eigenvalue weighted by Crippen LogP contribution is -2.21. The highest BCUT2D eigenvalue weighted by molar-refractivity contribution is 5.34. The Morgan fingerprint density at radius 3 is 2.84 bits per heavy atom. The molecule has 2 N–H and O–H groups in total. The van der Waals surface area contributed by atoms with Crippen molar-refractivity contribution < 1.29 is 0 Å². The second kappa shape index (κ2) is 7.71. The second-order valence-corrected chi connectivity index (χ2v) is 4.50. The third-order valence-corrected chi connectivity index (χ3v) is 2.97. The molecule has 1 heterocycles. The van der Waals surface area contributed by atoms with Crippen LogP contribution >= 0.6 is 0 Å². The molecule has 1 aromatic carbocycles. The maximum absolute atomic E-state index is 4.25. The first-order valence-corrected chi connectivity index (χ1v) is 6.90. The molecule has 0 aliphatic carbocycles. The fourth-order valence-electron chi connectivity index (χ4n) is 1.98. The molecule has 0 atom stereocenters. The maximum atomic E-state index is 4.25. The molecular weight excluding hydrogens is 236 g/mol. The van der Waals surface area contributed by atoms with E-state index in [9.17, 15) is 0 Å². The zero-order valence-electron chi connectivity index (χ0n) is 11.5. The Labute approximate surface area is 114 Å². The van der Waals surface area contributed by atoms with Crippen molar-refractivity contribution in [3.05, 3.63) is 48.3 Å². The minimum atomic E-state index is 0.904. The molecule has 0 amide bonds. The molecule has 4 nitrogen and oxygen atoms in total. The molecule has 2 rings (SSSR count). The molecule has 19 heavy (non-hydrogen) atoms. The Bertz CT molecular complexity index is 465. The molecule has 4 heteroatoms. The summed E-state index contributed by atoms with van der Waals surface area (Å²) in [6.07, 6.45) is 4.92. The molecule has 0 aliphatic rings. The van der Waals surface area contributed by atoms with E-state index in [2.05, 4.69) is 46.9 Å². The Balaban J connectivity index is 1.79. The van der Waals surface area contributed by atoms with Gasteiger partial charge in [0.15, 0.2) is 0 Å². The largest absolute Gasteiger partial charge is 0.317 e. The monoisotopic (exact) mass is 258 g/mol. The van der Waals surface area contributed by atoms with E-state index in [1.807, 2.05) is 16.9 Å². The number of nitrogens with zero attached hydrogens (tertiary/aromatic N) is 2. The van der Waals surface area contributed by atoms with Crippen LogP contribution in [0.4, 0.5) is 0 Å². The van der Waals surface area contributed by atoms with Crippen LogP contribution in [0.3, 0.4) is 0 Å². The molecule has 102 valence electrons. The Morgan fingerprint density at radius 1 is 1.16 bits per heavy atom. The zero-order chi connectivity index (χ0) is 13.3. The van der Waals surface area contributed by atoms with E-state index in [0.29, 0.717) is 0 Å². The van der Waals surface area contributed by atoms with E-state index < -0.39 is 0 Å². The molecule has 0 spiro atoms. The lowest BCUT2D eigenvalue weighted by molar-refractivity contribution is 0.606. The standard InChI is InChI=1S/C15H22N4/c1-2-16-8-4-9-17-13-14-6-3-7-15(12-14)19-11-5-10-18-19/h3,5-7,10-12,16-17H,2,4,8-9,13H2,1H3. The van der Waals surface area contributed by atoms with Gasteiger partial charge in [-0.3, -0.25) is 0 Å². The van der Waals surface area contributed by atoms with Crippen LogP contribution in [-0.4, -0.2) is 29.4 Å². The molecule has 0 unspecified atom stereocenters. The Kier molecular flexibility index (Phi) is 5.59. The van der Waals surface area contributed by atoms with Gasteiger partial charge in [0.25, 0.3) is 0 Å². The summed E-state index contributed by atoms with van der Waals surface area (Å²) in [6, 6.07) is 10.4. The summed E-state index contributed by atoms with van der Waals surface area (Å²) in [5, 5.41) is 11.0. The van der Waals surface area contributed by atoms with Gasteiger partial charge in [-0.25, -0.2) is 4.68 Å². The highest BCUT2D eigenvalue weighted by Gasteiger charge is 1.98. The van der Waals surface area contributed by atoms with Gasteiger partial charge in [-0.2, -0.15) is 5.10 Å². The number of aromatic nitrogens is 2. The summed E-state index contributed by atoms with van der Waals surface area (Å²) in [5.41, 5.74) is 2.40. The number of hydrogen-bond acceptors (Lipinski definition) is 3. The number of nitrogens with one attached hydrogen (secondary N) is 2. The van der Waals surface area contributed by atoms with E-state index in [4.69, 9.17) is 0 Å². The van der Waals surface area contributed by atoms with Crippen molar-refractivity contribution in [3.63, 3.8) is 0 Å². The van der Waals surface area contributed by atoms with Crippen molar-refractivity contribution >= 4 is 0 Å². The van der Waals surface area contributed by atoms with Crippen LogP contribution in [-0.2, 0) is 6.54 Å². The second-order valence-electron chi connectivity index (χ2n) is 4.50. The predicted molar refractivity (Wildman–Crippen MR) is 78.4 cm³/mol. The lowest BCUT2D eigenvalue weighted by Gasteiger charge is -2.07. The maximum Gasteiger partial charge on any atom is 0.0648 e. The molecule has 0 saturated carbocycles. The van der Waals surface area contributed by atoms with Crippen molar-refractivity contribution in [2.24, 2.45) is 0 Å². The van der Waals surface area contributed by atoms with Gasteiger partial charge < -0.3 is 10.6 Å². The highest BCUT2D eigenvalue weighted by atomic mass is 15.3. The number of benzene rings is 1. The molecular formula is C15H22N4. The third kappa shape index (κ3) is 4.50. The quantitative estimate of drug-likeness (QED) is 0.711. The smallest absolute Gasteiger partial charge is 0.0648 e. The van der Waals surface area contributed by atoms with Crippen molar-refractivity contribution in [2.75, 3.05) is 19.6 Å². The normalized spacial score (nSPS) is 10.8. The van der Waals surface area contributed by atoms with Crippen molar-refractivity contribution in [2.45, 2.75) is 19.9 Å². The Morgan fingerprint density at radius 2 is 2.05 bits per heavy atom. The van der Waals surface area contributed by atoms with Crippen LogP contribution in [0, 0.1) is 0 Å². The molecule has 2 aromatic rings. The van der Waals surface area contributed by atoms with E-state index in [0.717, 1.165) is 38.3 Å². The van der Waals surface area contributed by atoms with E-state index in [1.165, 1.54) is 5.56 Å². The molecule has 0 aliphatic heterocycles. The van der Waals surface area contributed by atoms with Gasteiger partial charge in [-0.15, -0.1) is 0 Å². The predicted octanol–water partition coefficient (Wildman–Crippen LogP) is 1.96. The number of rotatable bonds is 8. The topological polar surface area (TPSA) is 41.9 Å². The summed E-state index contributed by atoms with van der Waals surface area (Å²) in [5.74, 6) is 0. The number of hydrogen-bond donors (Lipinski definition) is 2. The van der Waals surface area contributed by atoms with Gasteiger partial charge in [0.1, 0.15) is 0 Å². The van der Waals surface area contributed by atoms with Crippen molar-refractivity contribution in [3.8, 4) is 5.69 Å². The average molecular weight is 258 g/mol. The molecule has 0 radical (unpaired) electrons. The molecule has 1 aromatic heterocycles. The summed E-state index contributed by atoms with van der Waals surface area (Å²) in [6.45, 7) is 6.21. The molecule has 0 fully saturated rings. The van der Waals surface area contributed by atoms with Crippen LogP contribution < -0.4 is 10.6 Å². The minimum absolute atomic E-state index is 0.904. The van der Waals surface area contributed by atoms with E-state index in [-0.39, 0.29) is 0 Å². The van der Waals surface area contributed by atoms with Gasteiger partial charge in [0, 0.05) is 18.9 Å². The lowest BCUT2D eigenvalue weighted by atomic mass is 10.2. The van der Waals surface area contributed by atoms with Crippen molar-refractivity contribution in [1.29, 1.82) is 0 Å². The SMILES string of the molecule is CCNCCCNCc1cccc(-n2cccn2)c1. The molecule has 0 saturated heterocycles.